The molecule has 0 aliphatic rings. The van der Waals surface area contributed by atoms with Gasteiger partial charge in [0.25, 0.3) is 0 Å². The number of amides is 2. The molecule has 9 heteroatoms. The molecule has 2 rings (SSSR count). The van der Waals surface area contributed by atoms with Gasteiger partial charge < -0.3 is 10.2 Å². The Morgan fingerprint density at radius 1 is 1.12 bits per heavy atom. The summed E-state index contributed by atoms with van der Waals surface area (Å²) in [6, 6.07) is 10.3. The number of halogens is 1. The Balaban J connectivity index is 2.42. The third-order valence-electron chi connectivity index (χ3n) is 5.32. The number of rotatable bonds is 10. The first-order valence-corrected chi connectivity index (χ1v) is 12.7. The van der Waals surface area contributed by atoms with Gasteiger partial charge in [0, 0.05) is 18.7 Å². The van der Waals surface area contributed by atoms with Gasteiger partial charge in [0.1, 0.15) is 18.4 Å². The van der Waals surface area contributed by atoms with Crippen molar-refractivity contribution in [3.63, 3.8) is 0 Å². The van der Waals surface area contributed by atoms with Gasteiger partial charge in [-0.2, -0.15) is 0 Å². The fraction of sp³-hybridized carbons (Fsp3) is 0.417. The number of carbonyl (C=O) groups is 2. The summed E-state index contributed by atoms with van der Waals surface area (Å²) >= 11 is 0. The first kappa shape index (κ1) is 26.3. The van der Waals surface area contributed by atoms with Crippen LogP contribution in [0.4, 0.5) is 10.1 Å². The minimum Gasteiger partial charge on any atom is -0.354 e. The zero-order valence-electron chi connectivity index (χ0n) is 19.8. The number of nitrogens with zero attached hydrogens (tertiary/aromatic N) is 2. The Labute approximate surface area is 195 Å². The summed E-state index contributed by atoms with van der Waals surface area (Å²) in [5.41, 5.74) is 2.27. The highest BCUT2D eigenvalue weighted by atomic mass is 32.2. The lowest BCUT2D eigenvalue weighted by molar-refractivity contribution is -0.139. The Kier molecular flexibility index (Phi) is 8.99. The van der Waals surface area contributed by atoms with Crippen LogP contribution in [0, 0.1) is 19.7 Å². The van der Waals surface area contributed by atoms with Crippen molar-refractivity contribution in [2.75, 3.05) is 23.7 Å². The van der Waals surface area contributed by atoms with Gasteiger partial charge in [-0.25, -0.2) is 12.8 Å². The molecule has 0 fully saturated rings. The average molecular weight is 478 g/mol. The van der Waals surface area contributed by atoms with Crippen molar-refractivity contribution >= 4 is 27.5 Å². The van der Waals surface area contributed by atoms with E-state index in [2.05, 4.69) is 5.32 Å². The van der Waals surface area contributed by atoms with E-state index >= 15 is 0 Å². The van der Waals surface area contributed by atoms with Gasteiger partial charge in [-0.1, -0.05) is 42.8 Å². The molecule has 7 nitrogen and oxygen atoms in total. The van der Waals surface area contributed by atoms with Crippen molar-refractivity contribution in [2.45, 2.75) is 46.7 Å². The summed E-state index contributed by atoms with van der Waals surface area (Å²) in [6.07, 6.45) is 1.74. The van der Waals surface area contributed by atoms with E-state index < -0.39 is 34.3 Å². The molecule has 0 saturated carbocycles. The minimum atomic E-state index is -3.81. The summed E-state index contributed by atoms with van der Waals surface area (Å²) in [6.45, 7) is 6.86. The molecule has 180 valence electrons. The molecule has 0 saturated heterocycles. The maximum atomic E-state index is 14.3. The van der Waals surface area contributed by atoms with Crippen LogP contribution in [0.5, 0.6) is 0 Å². The number of hydrogen-bond acceptors (Lipinski definition) is 4. The summed E-state index contributed by atoms with van der Waals surface area (Å²) in [4.78, 5) is 27.3. The van der Waals surface area contributed by atoms with Gasteiger partial charge in [0.15, 0.2) is 0 Å². The molecule has 2 amide bonds. The van der Waals surface area contributed by atoms with Gasteiger partial charge in [-0.3, -0.25) is 13.9 Å². The van der Waals surface area contributed by atoms with E-state index in [0.717, 1.165) is 16.1 Å². The van der Waals surface area contributed by atoms with Gasteiger partial charge in [-0.15, -0.1) is 0 Å². The number of aryl methyl sites for hydroxylation is 2. The van der Waals surface area contributed by atoms with E-state index in [1.165, 1.54) is 23.1 Å². The zero-order valence-corrected chi connectivity index (χ0v) is 20.6. The van der Waals surface area contributed by atoms with Gasteiger partial charge in [0.05, 0.1) is 11.9 Å². The molecule has 33 heavy (non-hydrogen) atoms. The van der Waals surface area contributed by atoms with Crippen LogP contribution < -0.4 is 9.62 Å². The van der Waals surface area contributed by atoms with Crippen molar-refractivity contribution < 1.29 is 22.4 Å². The summed E-state index contributed by atoms with van der Waals surface area (Å²) in [5, 5.41) is 2.74. The highest BCUT2D eigenvalue weighted by Gasteiger charge is 2.30. The number of hydrogen-bond donors (Lipinski definition) is 1. The molecule has 0 radical (unpaired) electrons. The second-order valence-corrected chi connectivity index (χ2v) is 10.0. The molecular formula is C24H32FN3O4S. The van der Waals surface area contributed by atoms with Gasteiger partial charge in [0.2, 0.25) is 21.8 Å². The molecule has 1 atom stereocenters. The highest BCUT2D eigenvalue weighted by molar-refractivity contribution is 7.92. The maximum absolute atomic E-state index is 14.3. The molecule has 0 spiro atoms. The lowest BCUT2D eigenvalue weighted by Crippen LogP contribution is -2.51. The molecule has 2 aromatic carbocycles. The predicted molar refractivity (Wildman–Crippen MR) is 128 cm³/mol. The number of carbonyl (C=O) groups excluding carboxylic acids is 2. The molecule has 0 aliphatic carbocycles. The third kappa shape index (κ3) is 7.02. The normalized spacial score (nSPS) is 12.2. The zero-order chi connectivity index (χ0) is 24.8. The van der Waals surface area contributed by atoms with E-state index in [9.17, 15) is 22.4 Å². The third-order valence-corrected chi connectivity index (χ3v) is 6.44. The Bertz CT molecular complexity index is 1100. The summed E-state index contributed by atoms with van der Waals surface area (Å²) < 4.78 is 40.6. The van der Waals surface area contributed by atoms with Crippen LogP contribution in [0.1, 0.15) is 37.0 Å². The monoisotopic (exact) mass is 477 g/mol. The van der Waals surface area contributed by atoms with Crippen molar-refractivity contribution in [3.05, 3.63) is 65.0 Å². The van der Waals surface area contributed by atoms with E-state index in [1.54, 1.807) is 32.0 Å². The van der Waals surface area contributed by atoms with Crippen molar-refractivity contribution in [3.8, 4) is 0 Å². The number of sulfonamides is 1. The molecule has 0 bridgehead atoms. The van der Waals surface area contributed by atoms with Crippen LogP contribution in [0.3, 0.4) is 0 Å². The molecule has 0 unspecified atom stereocenters. The Morgan fingerprint density at radius 2 is 1.79 bits per heavy atom. The Hall–Kier alpha value is -2.94. The van der Waals surface area contributed by atoms with Crippen molar-refractivity contribution in [2.24, 2.45) is 0 Å². The molecule has 0 aromatic heterocycles. The molecule has 1 N–H and O–H groups in total. The number of nitrogens with one attached hydrogen (secondary N) is 1. The Morgan fingerprint density at radius 3 is 2.36 bits per heavy atom. The fourth-order valence-electron chi connectivity index (χ4n) is 3.47. The molecule has 2 aromatic rings. The van der Waals surface area contributed by atoms with Crippen LogP contribution >= 0.6 is 0 Å². The lowest BCUT2D eigenvalue weighted by Gasteiger charge is -2.32. The SMILES string of the molecule is CCCNC(=O)[C@H](C)N(Cc1ccccc1F)C(=O)CN(c1ccc(C)cc1C)S(C)(=O)=O. The average Bonchev–Trinajstić information content (AvgIpc) is 2.74. The lowest BCUT2D eigenvalue weighted by atomic mass is 10.1. The van der Waals surface area contributed by atoms with Crippen LogP contribution in [0.2, 0.25) is 0 Å². The van der Waals surface area contributed by atoms with E-state index in [4.69, 9.17) is 0 Å². The van der Waals surface area contributed by atoms with Crippen LogP contribution in [0.25, 0.3) is 0 Å². The van der Waals surface area contributed by atoms with E-state index in [1.807, 2.05) is 19.9 Å². The van der Waals surface area contributed by atoms with Crippen LogP contribution in [-0.2, 0) is 26.2 Å². The predicted octanol–water partition coefficient (Wildman–Crippen LogP) is 3.15. The van der Waals surface area contributed by atoms with Crippen LogP contribution in [0.15, 0.2) is 42.5 Å². The minimum absolute atomic E-state index is 0.170. The van der Waals surface area contributed by atoms with E-state index in [-0.39, 0.29) is 18.0 Å². The van der Waals surface area contributed by atoms with Crippen molar-refractivity contribution in [1.82, 2.24) is 10.2 Å². The van der Waals surface area contributed by atoms with Gasteiger partial charge >= 0.3 is 0 Å². The largest absolute Gasteiger partial charge is 0.354 e. The van der Waals surface area contributed by atoms with Crippen LogP contribution in [-0.4, -0.2) is 50.5 Å². The number of anilines is 1. The maximum Gasteiger partial charge on any atom is 0.244 e. The molecule has 0 heterocycles. The van der Waals surface area contributed by atoms with Gasteiger partial charge in [-0.05, 0) is 44.9 Å². The van der Waals surface area contributed by atoms with E-state index in [0.29, 0.717) is 24.2 Å². The first-order chi connectivity index (χ1) is 15.5. The second-order valence-electron chi connectivity index (χ2n) is 8.14. The highest BCUT2D eigenvalue weighted by Crippen LogP contribution is 2.24. The topological polar surface area (TPSA) is 86.8 Å². The first-order valence-electron chi connectivity index (χ1n) is 10.8. The smallest absolute Gasteiger partial charge is 0.244 e. The number of benzene rings is 2. The van der Waals surface area contributed by atoms with Crippen molar-refractivity contribution in [1.29, 1.82) is 0 Å². The fourth-order valence-corrected chi connectivity index (χ4v) is 4.38. The quantitative estimate of drug-likeness (QED) is 0.570. The summed E-state index contributed by atoms with van der Waals surface area (Å²) in [5.74, 6) is -1.51. The summed E-state index contributed by atoms with van der Waals surface area (Å²) in [7, 11) is -3.81. The molecule has 0 aliphatic heterocycles. The standard InChI is InChI=1S/C24H32FN3O4S/c1-6-13-26-24(30)19(4)27(15-20-9-7-8-10-21(20)25)23(29)16-28(33(5,31)32)22-12-11-17(2)14-18(22)3/h7-12,14,19H,6,13,15-16H2,1-5H3,(H,26,30)/t19-/m0/s1. The second kappa shape index (κ2) is 11.3. The molecular weight excluding hydrogens is 445 g/mol.